The molecule has 0 radical (unpaired) electrons. The molecule has 0 spiro atoms. The highest BCUT2D eigenvalue weighted by atomic mass is 35.5. The molecule has 0 N–H and O–H groups in total. The molecule has 0 bridgehead atoms. The zero-order valence-corrected chi connectivity index (χ0v) is 10.9. The second kappa shape index (κ2) is 5.39. The van der Waals surface area contributed by atoms with Gasteiger partial charge in [0, 0.05) is 20.4 Å². The average molecular weight is 263 g/mol. The van der Waals surface area contributed by atoms with Gasteiger partial charge in [-0.15, -0.1) is 0 Å². The highest BCUT2D eigenvalue weighted by Gasteiger charge is 2.05. The Morgan fingerprint density at radius 3 is 2.71 bits per heavy atom. The molecular formula is C14H11ClOS. The van der Waals surface area contributed by atoms with Crippen molar-refractivity contribution in [3.63, 3.8) is 0 Å². The Morgan fingerprint density at radius 1 is 1.18 bits per heavy atom. The lowest BCUT2D eigenvalue weighted by atomic mass is 10.2. The monoisotopic (exact) mass is 262 g/mol. The summed E-state index contributed by atoms with van der Waals surface area (Å²) in [7, 11) is 0. The summed E-state index contributed by atoms with van der Waals surface area (Å²) in [6.45, 7) is 2.04. The number of hydrogen-bond donors (Lipinski definition) is 0. The summed E-state index contributed by atoms with van der Waals surface area (Å²) in [4.78, 5) is 12.9. The Labute approximate surface area is 110 Å². The van der Waals surface area contributed by atoms with Gasteiger partial charge in [0.25, 0.3) is 0 Å². The number of rotatable bonds is 3. The van der Waals surface area contributed by atoms with Gasteiger partial charge in [-0.1, -0.05) is 41.1 Å². The molecule has 0 aliphatic heterocycles. The van der Waals surface area contributed by atoms with Crippen LogP contribution in [-0.4, -0.2) is 6.29 Å². The summed E-state index contributed by atoms with van der Waals surface area (Å²) in [6.07, 6.45) is 0.856. The Morgan fingerprint density at radius 2 is 2.00 bits per heavy atom. The molecule has 3 heteroatoms. The topological polar surface area (TPSA) is 17.1 Å². The van der Waals surface area contributed by atoms with E-state index < -0.39 is 0 Å². The van der Waals surface area contributed by atoms with Gasteiger partial charge in [0.15, 0.2) is 6.29 Å². The predicted molar refractivity (Wildman–Crippen MR) is 72.1 cm³/mol. The van der Waals surface area contributed by atoms with E-state index in [9.17, 15) is 4.79 Å². The Hall–Kier alpha value is -1.25. The molecule has 0 saturated heterocycles. The predicted octanol–water partition coefficient (Wildman–Crippen LogP) is 4.61. The number of benzene rings is 2. The standard InChI is InChI=1S/C14H11ClOS/c1-10-3-2-4-13(7-10)17-14-8-12(15)6-5-11(14)9-16/h2-9H,1H3. The van der Waals surface area contributed by atoms with Crippen molar-refractivity contribution in [1.29, 1.82) is 0 Å². The summed E-state index contributed by atoms with van der Waals surface area (Å²) < 4.78 is 0. The molecule has 2 aromatic rings. The first kappa shape index (κ1) is 12.2. The van der Waals surface area contributed by atoms with E-state index in [1.165, 1.54) is 5.56 Å². The van der Waals surface area contributed by atoms with E-state index in [1.54, 1.807) is 23.9 Å². The van der Waals surface area contributed by atoms with Crippen molar-refractivity contribution in [2.75, 3.05) is 0 Å². The van der Waals surface area contributed by atoms with Gasteiger partial charge in [-0.3, -0.25) is 4.79 Å². The average Bonchev–Trinajstić information content (AvgIpc) is 2.29. The lowest BCUT2D eigenvalue weighted by molar-refractivity contribution is 0.112. The summed E-state index contributed by atoms with van der Waals surface area (Å²) >= 11 is 7.49. The molecule has 0 amide bonds. The molecule has 0 fully saturated rings. The fourth-order valence-corrected chi connectivity index (χ4v) is 2.80. The van der Waals surface area contributed by atoms with Crippen molar-refractivity contribution in [2.24, 2.45) is 0 Å². The first-order valence-corrected chi connectivity index (χ1v) is 6.38. The Kier molecular flexibility index (Phi) is 3.87. The molecule has 0 aliphatic rings. The van der Waals surface area contributed by atoms with E-state index in [0.717, 1.165) is 16.1 Å². The molecule has 0 aliphatic carbocycles. The zero-order valence-electron chi connectivity index (χ0n) is 9.31. The summed E-state index contributed by atoms with van der Waals surface area (Å²) in [5, 5.41) is 0.644. The molecular weight excluding hydrogens is 252 g/mol. The number of aldehydes is 1. The van der Waals surface area contributed by atoms with Crippen LogP contribution in [0.15, 0.2) is 52.3 Å². The molecule has 17 heavy (non-hydrogen) atoms. The van der Waals surface area contributed by atoms with Crippen molar-refractivity contribution in [3.05, 3.63) is 58.6 Å². The van der Waals surface area contributed by atoms with E-state index in [2.05, 4.69) is 6.07 Å². The van der Waals surface area contributed by atoms with Crippen LogP contribution in [0.1, 0.15) is 15.9 Å². The van der Waals surface area contributed by atoms with Gasteiger partial charge in [0.2, 0.25) is 0 Å². The van der Waals surface area contributed by atoms with Crippen LogP contribution in [0.2, 0.25) is 5.02 Å². The third-order valence-electron chi connectivity index (χ3n) is 2.32. The minimum atomic E-state index is 0.644. The van der Waals surface area contributed by atoms with E-state index in [1.807, 2.05) is 31.2 Å². The quantitative estimate of drug-likeness (QED) is 0.752. The van der Waals surface area contributed by atoms with E-state index in [4.69, 9.17) is 11.6 Å². The van der Waals surface area contributed by atoms with Gasteiger partial charge in [0.05, 0.1) is 0 Å². The van der Waals surface area contributed by atoms with E-state index in [0.29, 0.717) is 10.6 Å². The number of hydrogen-bond acceptors (Lipinski definition) is 2. The molecule has 0 aromatic heterocycles. The minimum absolute atomic E-state index is 0.644. The second-order valence-electron chi connectivity index (χ2n) is 3.72. The molecule has 0 unspecified atom stereocenters. The maximum atomic E-state index is 10.9. The van der Waals surface area contributed by atoms with Crippen LogP contribution in [0, 0.1) is 6.92 Å². The van der Waals surface area contributed by atoms with Gasteiger partial charge in [-0.25, -0.2) is 0 Å². The molecule has 0 heterocycles. The SMILES string of the molecule is Cc1cccc(Sc2cc(Cl)ccc2C=O)c1. The van der Waals surface area contributed by atoms with Crippen LogP contribution in [-0.2, 0) is 0 Å². The highest BCUT2D eigenvalue weighted by molar-refractivity contribution is 7.99. The summed E-state index contributed by atoms with van der Waals surface area (Å²) in [5.41, 5.74) is 1.87. The number of halogens is 1. The number of carbonyl (C=O) groups excluding carboxylic acids is 1. The zero-order chi connectivity index (χ0) is 12.3. The lowest BCUT2D eigenvalue weighted by Crippen LogP contribution is -1.85. The first-order chi connectivity index (χ1) is 8.19. The maximum absolute atomic E-state index is 10.9. The van der Waals surface area contributed by atoms with E-state index in [-0.39, 0.29) is 0 Å². The van der Waals surface area contributed by atoms with Crippen molar-refractivity contribution in [2.45, 2.75) is 16.7 Å². The van der Waals surface area contributed by atoms with Crippen LogP contribution in [0.4, 0.5) is 0 Å². The third kappa shape index (κ3) is 3.11. The second-order valence-corrected chi connectivity index (χ2v) is 5.27. The minimum Gasteiger partial charge on any atom is -0.298 e. The summed E-state index contributed by atoms with van der Waals surface area (Å²) in [6, 6.07) is 13.4. The third-order valence-corrected chi connectivity index (χ3v) is 3.62. The highest BCUT2D eigenvalue weighted by Crippen LogP contribution is 2.32. The van der Waals surface area contributed by atoms with Crippen LogP contribution >= 0.6 is 23.4 Å². The normalized spacial score (nSPS) is 10.2. The molecule has 1 nitrogen and oxygen atoms in total. The fraction of sp³-hybridized carbons (Fsp3) is 0.0714. The van der Waals surface area contributed by atoms with Gasteiger partial charge < -0.3 is 0 Å². The van der Waals surface area contributed by atoms with Crippen LogP contribution in [0.25, 0.3) is 0 Å². The molecule has 0 saturated carbocycles. The van der Waals surface area contributed by atoms with Crippen molar-refractivity contribution < 1.29 is 4.79 Å². The van der Waals surface area contributed by atoms with E-state index >= 15 is 0 Å². The van der Waals surface area contributed by atoms with Crippen molar-refractivity contribution in [3.8, 4) is 0 Å². The number of aryl methyl sites for hydroxylation is 1. The van der Waals surface area contributed by atoms with Crippen molar-refractivity contribution in [1.82, 2.24) is 0 Å². The summed E-state index contributed by atoms with van der Waals surface area (Å²) in [5.74, 6) is 0. The molecule has 2 rings (SSSR count). The Balaban J connectivity index is 2.35. The first-order valence-electron chi connectivity index (χ1n) is 5.18. The number of carbonyl (C=O) groups is 1. The van der Waals surface area contributed by atoms with Gasteiger partial charge in [-0.2, -0.15) is 0 Å². The van der Waals surface area contributed by atoms with Crippen LogP contribution in [0.3, 0.4) is 0 Å². The van der Waals surface area contributed by atoms with Crippen LogP contribution in [0.5, 0.6) is 0 Å². The smallest absolute Gasteiger partial charge is 0.151 e. The molecule has 0 atom stereocenters. The van der Waals surface area contributed by atoms with Crippen molar-refractivity contribution >= 4 is 29.6 Å². The Bertz CT molecular complexity index is 552. The van der Waals surface area contributed by atoms with Gasteiger partial charge in [-0.05, 0) is 37.3 Å². The lowest BCUT2D eigenvalue weighted by Gasteiger charge is -2.05. The largest absolute Gasteiger partial charge is 0.298 e. The molecule has 2 aromatic carbocycles. The molecule has 86 valence electrons. The van der Waals surface area contributed by atoms with Crippen LogP contribution < -0.4 is 0 Å². The maximum Gasteiger partial charge on any atom is 0.151 e. The fourth-order valence-electron chi connectivity index (χ4n) is 1.50. The van der Waals surface area contributed by atoms with Gasteiger partial charge in [0.1, 0.15) is 0 Å². The van der Waals surface area contributed by atoms with Gasteiger partial charge >= 0.3 is 0 Å².